The van der Waals surface area contributed by atoms with Crippen LogP contribution < -0.4 is 14.8 Å². The van der Waals surface area contributed by atoms with Gasteiger partial charge in [-0.2, -0.15) is 13.9 Å². The number of likely N-dealkylation sites (tertiary alicyclic amines) is 1. The first kappa shape index (κ1) is 26.3. The maximum atomic E-state index is 12.9. The molecule has 1 saturated heterocycles. The topological polar surface area (TPSA) is 108 Å². The van der Waals surface area contributed by atoms with Gasteiger partial charge < -0.3 is 24.4 Å². The first-order chi connectivity index (χ1) is 17.7. The Balaban J connectivity index is 1.56. The van der Waals surface area contributed by atoms with Gasteiger partial charge in [0, 0.05) is 50.2 Å². The van der Waals surface area contributed by atoms with Gasteiger partial charge in [-0.05, 0) is 31.5 Å². The van der Waals surface area contributed by atoms with Crippen LogP contribution in [0.15, 0.2) is 42.7 Å². The van der Waals surface area contributed by atoms with Gasteiger partial charge in [-0.3, -0.25) is 14.3 Å². The van der Waals surface area contributed by atoms with Gasteiger partial charge in [0.15, 0.2) is 5.82 Å². The van der Waals surface area contributed by atoms with Crippen LogP contribution in [0.5, 0.6) is 17.4 Å². The van der Waals surface area contributed by atoms with Gasteiger partial charge >= 0.3 is 6.61 Å². The third-order valence-corrected chi connectivity index (χ3v) is 5.57. The molecule has 4 rings (SSSR count). The first-order valence-corrected chi connectivity index (χ1v) is 11.7. The molecule has 10 nitrogen and oxygen atoms in total. The molecule has 0 unspecified atom stereocenters. The van der Waals surface area contributed by atoms with E-state index in [1.165, 1.54) is 42.1 Å². The van der Waals surface area contributed by atoms with Crippen molar-refractivity contribution in [1.29, 1.82) is 0 Å². The van der Waals surface area contributed by atoms with Gasteiger partial charge in [-0.15, -0.1) is 0 Å². The molecule has 0 aliphatic carbocycles. The molecule has 2 aromatic heterocycles. The minimum absolute atomic E-state index is 0.00384. The zero-order chi connectivity index (χ0) is 26.5. The number of carbonyl (C=O) groups excluding carboxylic acids is 2. The van der Waals surface area contributed by atoms with Gasteiger partial charge in [0.25, 0.3) is 11.8 Å². The number of aromatic nitrogens is 3. The molecule has 37 heavy (non-hydrogen) atoms. The third-order valence-electron chi connectivity index (χ3n) is 5.30. The third kappa shape index (κ3) is 6.92. The SMILES string of the molecule is C[C@@H](COC(F)F)Oc1cc(Oc2ncc(C(=O)N3CCC3)cc2Cl)cc(C(=O)Nc2ccn(C)n2)c1. The van der Waals surface area contributed by atoms with E-state index >= 15 is 0 Å². The lowest BCUT2D eigenvalue weighted by molar-refractivity contribution is -0.142. The number of benzene rings is 1. The van der Waals surface area contributed by atoms with Crippen LogP contribution in [-0.4, -0.2) is 63.9 Å². The first-order valence-electron chi connectivity index (χ1n) is 11.3. The van der Waals surface area contributed by atoms with Crippen molar-refractivity contribution in [3.05, 3.63) is 58.9 Å². The zero-order valence-corrected chi connectivity index (χ0v) is 20.7. The summed E-state index contributed by atoms with van der Waals surface area (Å²) < 4.78 is 42.1. The number of ether oxygens (including phenoxy) is 3. The normalized spacial score (nSPS) is 13.7. The summed E-state index contributed by atoms with van der Waals surface area (Å²) in [4.78, 5) is 31.2. The molecule has 0 bridgehead atoms. The molecule has 196 valence electrons. The van der Waals surface area contributed by atoms with Gasteiger partial charge in [0.05, 0.1) is 12.2 Å². The van der Waals surface area contributed by atoms with E-state index in [0.717, 1.165) is 6.42 Å². The molecular formula is C24H24ClF2N5O5. The van der Waals surface area contributed by atoms with E-state index in [1.807, 2.05) is 0 Å². The molecule has 1 aromatic carbocycles. The number of alkyl halides is 2. The fourth-order valence-corrected chi connectivity index (χ4v) is 3.61. The number of pyridine rings is 1. The van der Waals surface area contributed by atoms with Crippen molar-refractivity contribution in [2.24, 2.45) is 7.05 Å². The molecule has 0 saturated carbocycles. The lowest BCUT2D eigenvalue weighted by atomic mass is 10.1. The molecule has 1 atom stereocenters. The number of halogens is 3. The summed E-state index contributed by atoms with van der Waals surface area (Å²) in [7, 11) is 1.71. The van der Waals surface area contributed by atoms with E-state index in [2.05, 4.69) is 20.1 Å². The van der Waals surface area contributed by atoms with Crippen molar-refractivity contribution >= 4 is 29.2 Å². The Hall–Kier alpha value is -3.77. The summed E-state index contributed by atoms with van der Waals surface area (Å²) >= 11 is 6.33. The van der Waals surface area contributed by atoms with Gasteiger partial charge in [-0.1, -0.05) is 11.6 Å². The minimum atomic E-state index is -2.94. The summed E-state index contributed by atoms with van der Waals surface area (Å²) in [6.45, 7) is -0.407. The summed E-state index contributed by atoms with van der Waals surface area (Å²) in [5.41, 5.74) is 0.471. The molecule has 13 heteroatoms. The quantitative estimate of drug-likeness (QED) is 0.411. The molecule has 2 amide bonds. The average Bonchev–Trinajstić information content (AvgIpc) is 3.22. The van der Waals surface area contributed by atoms with Crippen molar-refractivity contribution in [1.82, 2.24) is 19.7 Å². The van der Waals surface area contributed by atoms with Crippen molar-refractivity contribution in [2.45, 2.75) is 26.1 Å². The van der Waals surface area contributed by atoms with Gasteiger partial charge in [-0.25, -0.2) is 4.98 Å². The summed E-state index contributed by atoms with van der Waals surface area (Å²) in [5.74, 6) is -0.0518. The second-order valence-corrected chi connectivity index (χ2v) is 8.71. The van der Waals surface area contributed by atoms with Gasteiger partial charge in [0.2, 0.25) is 5.88 Å². The van der Waals surface area contributed by atoms with Crippen molar-refractivity contribution < 1.29 is 32.6 Å². The lowest BCUT2D eigenvalue weighted by Gasteiger charge is -2.30. The average molecular weight is 536 g/mol. The fourth-order valence-electron chi connectivity index (χ4n) is 3.41. The molecule has 1 aliphatic heterocycles. The predicted octanol–water partition coefficient (Wildman–Crippen LogP) is 4.37. The highest BCUT2D eigenvalue weighted by Gasteiger charge is 2.23. The highest BCUT2D eigenvalue weighted by atomic mass is 35.5. The summed E-state index contributed by atoms with van der Waals surface area (Å²) in [6, 6.07) is 7.39. The van der Waals surface area contributed by atoms with Crippen molar-refractivity contribution in [3.8, 4) is 17.4 Å². The number of hydrogen-bond acceptors (Lipinski definition) is 7. The maximum absolute atomic E-state index is 12.9. The Morgan fingerprint density at radius 3 is 2.54 bits per heavy atom. The van der Waals surface area contributed by atoms with Crippen molar-refractivity contribution in [3.63, 3.8) is 0 Å². The molecule has 3 aromatic rings. The van der Waals surface area contributed by atoms with Crippen LogP contribution in [-0.2, 0) is 11.8 Å². The van der Waals surface area contributed by atoms with Gasteiger partial charge in [0.1, 0.15) is 22.6 Å². The summed E-state index contributed by atoms with van der Waals surface area (Å²) in [6.07, 6.45) is 3.22. The molecule has 1 fully saturated rings. The standard InChI is InChI=1S/C24H24ClF2N5O5/c1-14(13-35-24(26)27)36-17-8-15(21(33)29-20-4-7-31(2)30-20)9-18(11-17)37-22-19(25)10-16(12-28-22)23(34)32-5-3-6-32/h4,7-12,14,24H,3,5-6,13H2,1-2H3,(H,29,30,33)/t14-/m0/s1. The highest BCUT2D eigenvalue weighted by Crippen LogP contribution is 2.32. The molecule has 3 heterocycles. The van der Waals surface area contributed by atoms with Crippen molar-refractivity contribution in [2.75, 3.05) is 25.0 Å². The van der Waals surface area contributed by atoms with E-state index < -0.39 is 18.6 Å². The van der Waals surface area contributed by atoms with Crippen LogP contribution >= 0.6 is 11.6 Å². The Morgan fingerprint density at radius 2 is 1.92 bits per heavy atom. The smallest absolute Gasteiger partial charge is 0.345 e. The van der Waals surface area contributed by atoms with Crippen LogP contribution in [0.4, 0.5) is 14.6 Å². The maximum Gasteiger partial charge on any atom is 0.345 e. The largest absolute Gasteiger partial charge is 0.488 e. The van der Waals surface area contributed by atoms with E-state index in [4.69, 9.17) is 21.1 Å². The number of aryl methyl sites for hydroxylation is 1. The Labute approximate surface area is 216 Å². The molecule has 1 aliphatic rings. The van der Waals surface area contributed by atoms with E-state index in [9.17, 15) is 18.4 Å². The van der Waals surface area contributed by atoms with Crippen LogP contribution in [0.1, 0.15) is 34.1 Å². The molecule has 0 spiro atoms. The molecule has 0 radical (unpaired) electrons. The van der Waals surface area contributed by atoms with Crippen LogP contribution in [0.3, 0.4) is 0 Å². The Bertz CT molecular complexity index is 1280. The molecular weight excluding hydrogens is 512 g/mol. The number of amides is 2. The number of hydrogen-bond donors (Lipinski definition) is 1. The van der Waals surface area contributed by atoms with E-state index in [0.29, 0.717) is 24.5 Å². The zero-order valence-electron chi connectivity index (χ0n) is 20.0. The second kappa shape index (κ2) is 11.5. The lowest BCUT2D eigenvalue weighted by Crippen LogP contribution is -2.42. The van der Waals surface area contributed by atoms with Crippen LogP contribution in [0.25, 0.3) is 0 Å². The second-order valence-electron chi connectivity index (χ2n) is 8.30. The van der Waals surface area contributed by atoms with Crippen LogP contribution in [0.2, 0.25) is 5.02 Å². The number of anilines is 1. The number of nitrogens with one attached hydrogen (secondary N) is 1. The van der Waals surface area contributed by atoms with E-state index in [-0.39, 0.29) is 40.5 Å². The number of rotatable bonds is 10. The van der Waals surface area contributed by atoms with Crippen LogP contribution in [0, 0.1) is 0 Å². The Kier molecular flexibility index (Phi) is 8.19. The highest BCUT2D eigenvalue weighted by molar-refractivity contribution is 6.32. The predicted molar refractivity (Wildman–Crippen MR) is 129 cm³/mol. The molecule has 1 N–H and O–H groups in total. The van der Waals surface area contributed by atoms with E-state index in [1.54, 1.807) is 24.2 Å². The fraction of sp³-hybridized carbons (Fsp3) is 0.333. The number of carbonyl (C=O) groups is 2. The monoisotopic (exact) mass is 535 g/mol. The summed E-state index contributed by atoms with van der Waals surface area (Å²) in [5, 5.41) is 6.86. The number of nitrogens with zero attached hydrogens (tertiary/aromatic N) is 4. The minimum Gasteiger partial charge on any atom is -0.488 e. The Morgan fingerprint density at radius 1 is 1.16 bits per heavy atom.